The van der Waals surface area contributed by atoms with E-state index in [4.69, 9.17) is 0 Å². The highest BCUT2D eigenvalue weighted by Gasteiger charge is 2.27. The molecule has 1 aliphatic rings. The molecule has 7 nitrogen and oxygen atoms in total. The van der Waals surface area contributed by atoms with Crippen molar-refractivity contribution in [1.29, 1.82) is 0 Å². The summed E-state index contributed by atoms with van der Waals surface area (Å²) < 4.78 is 1.57. The van der Waals surface area contributed by atoms with Crippen LogP contribution >= 0.6 is 0 Å². The largest absolute Gasteiger partial charge is 0.336 e. The summed E-state index contributed by atoms with van der Waals surface area (Å²) in [5.41, 5.74) is 0.673. The van der Waals surface area contributed by atoms with Gasteiger partial charge in [-0.2, -0.15) is 0 Å². The monoisotopic (exact) mass is 342 g/mol. The molecule has 0 bridgehead atoms. The lowest BCUT2D eigenvalue weighted by Gasteiger charge is -2.33. The van der Waals surface area contributed by atoms with Crippen molar-refractivity contribution in [3.63, 3.8) is 0 Å². The minimum Gasteiger partial charge on any atom is -0.336 e. The van der Waals surface area contributed by atoms with Gasteiger partial charge < -0.3 is 9.47 Å². The standard InChI is InChI=1S/C18H22N4O3/c1-2-21(15-6-4-3-5-7-15)18(23)14-8-9-16(17(12-14)22(24)25)20-11-10-19-13-20/h8-13,15H,2-7H2,1H3. The van der Waals surface area contributed by atoms with Crippen LogP contribution in [0.5, 0.6) is 0 Å². The van der Waals surface area contributed by atoms with E-state index < -0.39 is 4.92 Å². The lowest BCUT2D eigenvalue weighted by Crippen LogP contribution is -2.41. The number of rotatable bonds is 5. The van der Waals surface area contributed by atoms with Crippen LogP contribution in [0.1, 0.15) is 49.4 Å². The first-order chi connectivity index (χ1) is 12.1. The van der Waals surface area contributed by atoms with E-state index in [1.165, 1.54) is 18.8 Å². The van der Waals surface area contributed by atoms with Gasteiger partial charge in [-0.25, -0.2) is 4.98 Å². The van der Waals surface area contributed by atoms with Crippen LogP contribution in [0.25, 0.3) is 5.69 Å². The van der Waals surface area contributed by atoms with Crippen LogP contribution < -0.4 is 0 Å². The summed E-state index contributed by atoms with van der Waals surface area (Å²) in [7, 11) is 0. The fourth-order valence-corrected chi connectivity index (χ4v) is 3.55. The topological polar surface area (TPSA) is 81.3 Å². The normalized spacial score (nSPS) is 15.1. The van der Waals surface area contributed by atoms with Crippen LogP contribution in [0.4, 0.5) is 5.69 Å². The Balaban J connectivity index is 1.92. The Morgan fingerprint density at radius 2 is 2.12 bits per heavy atom. The molecule has 7 heteroatoms. The molecule has 0 N–H and O–H groups in total. The fourth-order valence-electron chi connectivity index (χ4n) is 3.55. The molecular weight excluding hydrogens is 320 g/mol. The second-order valence-corrected chi connectivity index (χ2v) is 6.31. The number of nitro groups is 1. The average Bonchev–Trinajstić information content (AvgIpc) is 3.17. The highest BCUT2D eigenvalue weighted by atomic mass is 16.6. The SMILES string of the molecule is CCN(C(=O)c1ccc(-n2ccnc2)c([N+](=O)[O-])c1)C1CCCCC1. The van der Waals surface area contributed by atoms with E-state index >= 15 is 0 Å². The molecule has 2 aromatic rings. The van der Waals surface area contributed by atoms with Gasteiger partial charge in [0.05, 0.1) is 11.3 Å². The smallest absolute Gasteiger partial charge is 0.294 e. The molecule has 0 atom stereocenters. The predicted molar refractivity (Wildman–Crippen MR) is 93.8 cm³/mol. The minimum atomic E-state index is -0.455. The average molecular weight is 342 g/mol. The number of carbonyl (C=O) groups excluding carboxylic acids is 1. The summed E-state index contributed by atoms with van der Waals surface area (Å²) >= 11 is 0. The van der Waals surface area contributed by atoms with Crippen molar-refractivity contribution in [2.24, 2.45) is 0 Å². The zero-order valence-corrected chi connectivity index (χ0v) is 14.3. The molecule has 1 aliphatic carbocycles. The van der Waals surface area contributed by atoms with Crippen molar-refractivity contribution < 1.29 is 9.72 Å². The quantitative estimate of drug-likeness (QED) is 0.614. The lowest BCUT2D eigenvalue weighted by molar-refractivity contribution is -0.384. The van der Waals surface area contributed by atoms with Gasteiger partial charge in [-0.3, -0.25) is 14.9 Å². The van der Waals surface area contributed by atoms with Crippen molar-refractivity contribution in [3.8, 4) is 5.69 Å². The number of benzene rings is 1. The van der Waals surface area contributed by atoms with E-state index in [2.05, 4.69) is 4.98 Å². The number of hydrogen-bond donors (Lipinski definition) is 0. The third kappa shape index (κ3) is 3.55. The first-order valence-corrected chi connectivity index (χ1v) is 8.69. The molecule has 0 spiro atoms. The molecule has 0 radical (unpaired) electrons. The number of aromatic nitrogens is 2. The highest BCUT2D eigenvalue weighted by molar-refractivity contribution is 5.95. The highest BCUT2D eigenvalue weighted by Crippen LogP contribution is 2.27. The van der Waals surface area contributed by atoms with Gasteiger partial charge in [0.1, 0.15) is 5.69 Å². The van der Waals surface area contributed by atoms with Gasteiger partial charge in [0.15, 0.2) is 0 Å². The molecule has 1 aromatic carbocycles. The number of carbonyl (C=O) groups is 1. The van der Waals surface area contributed by atoms with Gasteiger partial charge in [-0.15, -0.1) is 0 Å². The number of nitro benzene ring substituents is 1. The number of imidazole rings is 1. The Morgan fingerprint density at radius 1 is 1.36 bits per heavy atom. The molecule has 1 saturated carbocycles. The second kappa shape index (κ2) is 7.46. The zero-order chi connectivity index (χ0) is 17.8. The van der Waals surface area contributed by atoms with Crippen LogP contribution in [0.15, 0.2) is 36.9 Å². The van der Waals surface area contributed by atoms with Crippen LogP contribution in [-0.2, 0) is 0 Å². The molecule has 1 amide bonds. The van der Waals surface area contributed by atoms with Crippen LogP contribution in [0.3, 0.4) is 0 Å². The van der Waals surface area contributed by atoms with Gasteiger partial charge in [-0.1, -0.05) is 19.3 Å². The van der Waals surface area contributed by atoms with Crippen LogP contribution in [0, 0.1) is 10.1 Å². The second-order valence-electron chi connectivity index (χ2n) is 6.31. The number of amides is 1. The van der Waals surface area contributed by atoms with E-state index in [0.717, 1.165) is 25.7 Å². The van der Waals surface area contributed by atoms with Gasteiger partial charge in [0.25, 0.3) is 11.6 Å². The molecule has 132 valence electrons. The third-order valence-corrected chi connectivity index (χ3v) is 4.82. The van der Waals surface area contributed by atoms with E-state index in [1.807, 2.05) is 11.8 Å². The Kier molecular flexibility index (Phi) is 5.11. The first-order valence-electron chi connectivity index (χ1n) is 8.69. The Labute approximate surface area is 146 Å². The minimum absolute atomic E-state index is 0.0939. The molecule has 0 saturated heterocycles. The summed E-state index contributed by atoms with van der Waals surface area (Å²) in [6.45, 7) is 2.57. The summed E-state index contributed by atoms with van der Waals surface area (Å²) in [6.07, 6.45) is 10.2. The van der Waals surface area contributed by atoms with E-state index in [9.17, 15) is 14.9 Å². The van der Waals surface area contributed by atoms with E-state index in [0.29, 0.717) is 17.8 Å². The maximum atomic E-state index is 12.9. The maximum Gasteiger partial charge on any atom is 0.294 e. The molecule has 3 rings (SSSR count). The van der Waals surface area contributed by atoms with Crippen LogP contribution in [-0.4, -0.2) is 37.9 Å². The van der Waals surface area contributed by atoms with E-state index in [1.54, 1.807) is 29.1 Å². The Bertz CT molecular complexity index is 752. The van der Waals surface area contributed by atoms with Gasteiger partial charge in [0.2, 0.25) is 0 Å². The fraction of sp³-hybridized carbons (Fsp3) is 0.444. The van der Waals surface area contributed by atoms with E-state index in [-0.39, 0.29) is 17.6 Å². The molecule has 1 aromatic heterocycles. The zero-order valence-electron chi connectivity index (χ0n) is 14.3. The first kappa shape index (κ1) is 17.1. The predicted octanol–water partition coefficient (Wildman–Crippen LogP) is 3.58. The Hall–Kier alpha value is -2.70. The maximum absolute atomic E-state index is 12.9. The number of nitrogens with zero attached hydrogens (tertiary/aromatic N) is 4. The lowest BCUT2D eigenvalue weighted by atomic mass is 9.93. The summed E-state index contributed by atoms with van der Waals surface area (Å²) in [6, 6.07) is 4.89. The summed E-state index contributed by atoms with van der Waals surface area (Å²) in [4.78, 5) is 29.7. The van der Waals surface area contributed by atoms with Gasteiger partial charge >= 0.3 is 0 Å². The van der Waals surface area contributed by atoms with Crippen molar-refractivity contribution in [3.05, 3.63) is 52.6 Å². The van der Waals surface area contributed by atoms with Crippen molar-refractivity contribution in [2.75, 3.05) is 6.54 Å². The molecule has 0 unspecified atom stereocenters. The Morgan fingerprint density at radius 3 is 2.72 bits per heavy atom. The van der Waals surface area contributed by atoms with Gasteiger partial charge in [-0.05, 0) is 31.9 Å². The molecule has 0 aliphatic heterocycles. The molecule has 1 fully saturated rings. The summed E-state index contributed by atoms with van der Waals surface area (Å²) in [5.74, 6) is -0.130. The third-order valence-electron chi connectivity index (χ3n) is 4.82. The molecular formula is C18H22N4O3. The van der Waals surface area contributed by atoms with Crippen molar-refractivity contribution in [1.82, 2.24) is 14.5 Å². The number of hydrogen-bond acceptors (Lipinski definition) is 4. The molecule has 1 heterocycles. The summed E-state index contributed by atoms with van der Waals surface area (Å²) in [5, 5.41) is 11.5. The molecule has 25 heavy (non-hydrogen) atoms. The van der Waals surface area contributed by atoms with Crippen LogP contribution in [0.2, 0.25) is 0 Å². The van der Waals surface area contributed by atoms with Gasteiger partial charge in [0, 0.05) is 36.6 Å². The van der Waals surface area contributed by atoms with Crippen molar-refractivity contribution in [2.45, 2.75) is 45.1 Å². The van der Waals surface area contributed by atoms with Crippen molar-refractivity contribution >= 4 is 11.6 Å².